The van der Waals surface area contributed by atoms with E-state index in [0.717, 1.165) is 12.1 Å². The highest BCUT2D eigenvalue weighted by atomic mass is 32.2. The quantitative estimate of drug-likeness (QED) is 0.845. The molecule has 4 nitrogen and oxygen atoms in total. The summed E-state index contributed by atoms with van der Waals surface area (Å²) in [5, 5.41) is 9.77. The molecule has 0 aromatic heterocycles. The molecule has 7 heteroatoms. The van der Waals surface area contributed by atoms with Gasteiger partial charge in [0, 0.05) is 6.54 Å². The topological polar surface area (TPSA) is 66.4 Å². The minimum Gasteiger partial charge on any atom is -0.387 e. The zero-order valence-corrected chi connectivity index (χ0v) is 13.2. The second-order valence-corrected chi connectivity index (χ2v) is 8.06. The molecule has 0 bridgehead atoms. The predicted molar refractivity (Wildman–Crippen MR) is 77.2 cm³/mol. The van der Waals surface area contributed by atoms with Gasteiger partial charge >= 0.3 is 0 Å². The monoisotopic (exact) mass is 321 g/mol. The van der Waals surface area contributed by atoms with Crippen LogP contribution in [0.5, 0.6) is 0 Å². The van der Waals surface area contributed by atoms with Gasteiger partial charge in [0.25, 0.3) is 0 Å². The number of aliphatic hydroxyl groups excluding tert-OH is 1. The Balaban J connectivity index is 2.66. The molecule has 1 atom stereocenters. The van der Waals surface area contributed by atoms with Crippen LogP contribution in [0.15, 0.2) is 18.2 Å². The van der Waals surface area contributed by atoms with Crippen LogP contribution in [0.25, 0.3) is 0 Å². The lowest BCUT2D eigenvalue weighted by Gasteiger charge is -2.19. The number of hydrogen-bond donors (Lipinski definition) is 2. The van der Waals surface area contributed by atoms with Crippen LogP contribution in [-0.2, 0) is 10.0 Å². The van der Waals surface area contributed by atoms with Crippen LogP contribution < -0.4 is 4.72 Å². The van der Waals surface area contributed by atoms with Gasteiger partial charge in [0.1, 0.15) is 11.6 Å². The molecule has 0 fully saturated rings. The lowest BCUT2D eigenvalue weighted by Crippen LogP contribution is -2.32. The zero-order valence-electron chi connectivity index (χ0n) is 12.4. The van der Waals surface area contributed by atoms with Crippen molar-refractivity contribution in [1.29, 1.82) is 0 Å². The first kappa shape index (κ1) is 18.0. The van der Waals surface area contributed by atoms with Gasteiger partial charge < -0.3 is 5.11 Å². The first-order chi connectivity index (χ1) is 9.52. The van der Waals surface area contributed by atoms with Crippen molar-refractivity contribution in [3.63, 3.8) is 0 Å². The molecule has 0 saturated carbocycles. The van der Waals surface area contributed by atoms with Crippen LogP contribution in [0.3, 0.4) is 0 Å². The predicted octanol–water partition coefficient (Wildman–Crippen LogP) is 2.35. The summed E-state index contributed by atoms with van der Waals surface area (Å²) < 4.78 is 52.6. The Morgan fingerprint density at radius 1 is 1.24 bits per heavy atom. The van der Waals surface area contributed by atoms with Gasteiger partial charge in [-0.05, 0) is 24.0 Å². The van der Waals surface area contributed by atoms with Gasteiger partial charge in [-0.2, -0.15) is 0 Å². The molecule has 21 heavy (non-hydrogen) atoms. The SMILES string of the molecule is CC(C)(C)CCS(=O)(=O)NCC(O)c1c(F)cccc1F. The molecule has 1 unspecified atom stereocenters. The van der Waals surface area contributed by atoms with E-state index < -0.39 is 39.9 Å². The van der Waals surface area contributed by atoms with Crippen LogP contribution in [0.2, 0.25) is 0 Å². The maximum atomic E-state index is 13.4. The smallest absolute Gasteiger partial charge is 0.211 e. The normalized spacial score (nSPS) is 14.2. The number of rotatable bonds is 6. The maximum absolute atomic E-state index is 13.4. The minimum absolute atomic E-state index is 0.108. The van der Waals surface area contributed by atoms with Crippen LogP contribution in [0, 0.1) is 17.0 Å². The maximum Gasteiger partial charge on any atom is 0.211 e. The molecule has 0 aliphatic carbocycles. The van der Waals surface area contributed by atoms with E-state index in [1.165, 1.54) is 6.07 Å². The standard InChI is InChI=1S/C14H21F2NO3S/c1-14(2,3)7-8-21(19,20)17-9-12(18)13-10(15)5-4-6-11(13)16/h4-6,12,17-18H,7-9H2,1-3H3. The summed E-state index contributed by atoms with van der Waals surface area (Å²) in [5.74, 6) is -1.92. The molecule has 0 radical (unpaired) electrons. The average Bonchev–Trinajstić information content (AvgIpc) is 2.33. The Morgan fingerprint density at radius 2 is 1.76 bits per heavy atom. The van der Waals surface area contributed by atoms with Gasteiger partial charge in [-0.25, -0.2) is 21.9 Å². The third-order valence-corrected chi connectivity index (χ3v) is 4.30. The van der Waals surface area contributed by atoms with E-state index in [1.54, 1.807) is 0 Å². The number of benzene rings is 1. The summed E-state index contributed by atoms with van der Waals surface area (Å²) in [7, 11) is -3.60. The largest absolute Gasteiger partial charge is 0.387 e. The molecule has 0 heterocycles. The molecular formula is C14H21F2NO3S. The lowest BCUT2D eigenvalue weighted by atomic mass is 9.94. The second-order valence-electron chi connectivity index (χ2n) is 6.13. The number of halogens is 2. The first-order valence-corrected chi connectivity index (χ1v) is 8.26. The Kier molecular flexibility index (Phi) is 5.83. The van der Waals surface area contributed by atoms with Gasteiger partial charge in [-0.1, -0.05) is 26.8 Å². The van der Waals surface area contributed by atoms with E-state index in [1.807, 2.05) is 20.8 Å². The van der Waals surface area contributed by atoms with Crippen molar-refractivity contribution in [2.24, 2.45) is 5.41 Å². The van der Waals surface area contributed by atoms with Gasteiger partial charge in [0.15, 0.2) is 0 Å². The van der Waals surface area contributed by atoms with E-state index in [2.05, 4.69) is 4.72 Å². The molecule has 0 aliphatic rings. The molecule has 0 aliphatic heterocycles. The highest BCUT2D eigenvalue weighted by Gasteiger charge is 2.21. The van der Waals surface area contributed by atoms with Crippen LogP contribution in [0.4, 0.5) is 8.78 Å². The molecule has 1 rings (SSSR count). The zero-order chi connectivity index (χ0) is 16.3. The summed E-state index contributed by atoms with van der Waals surface area (Å²) >= 11 is 0. The molecule has 0 spiro atoms. The molecule has 0 amide bonds. The Labute approximate surface area is 124 Å². The van der Waals surface area contributed by atoms with Crippen molar-refractivity contribution < 1.29 is 22.3 Å². The summed E-state index contributed by atoms with van der Waals surface area (Å²) in [6, 6.07) is 3.19. The third-order valence-electron chi connectivity index (χ3n) is 2.95. The Bertz CT molecular complexity index is 562. The fourth-order valence-corrected chi connectivity index (χ4v) is 3.09. The number of nitrogens with one attached hydrogen (secondary N) is 1. The molecular weight excluding hydrogens is 300 g/mol. The lowest BCUT2D eigenvalue weighted by molar-refractivity contribution is 0.172. The Morgan fingerprint density at radius 3 is 2.24 bits per heavy atom. The molecule has 1 aromatic carbocycles. The summed E-state index contributed by atoms with van der Waals surface area (Å²) in [6.45, 7) is 5.26. The summed E-state index contributed by atoms with van der Waals surface area (Å²) in [6.07, 6.45) is -1.14. The molecule has 120 valence electrons. The minimum atomic E-state index is -3.60. The fourth-order valence-electron chi connectivity index (χ4n) is 1.65. The van der Waals surface area contributed by atoms with Crippen molar-refractivity contribution in [1.82, 2.24) is 4.72 Å². The molecule has 0 saturated heterocycles. The third kappa shape index (κ3) is 6.07. The van der Waals surface area contributed by atoms with Crippen molar-refractivity contribution in [3.05, 3.63) is 35.4 Å². The van der Waals surface area contributed by atoms with Crippen molar-refractivity contribution in [3.8, 4) is 0 Å². The van der Waals surface area contributed by atoms with Crippen LogP contribution in [-0.4, -0.2) is 25.8 Å². The number of sulfonamides is 1. The summed E-state index contributed by atoms with van der Waals surface area (Å²) in [5.41, 5.74) is -0.679. The van der Waals surface area contributed by atoms with Crippen LogP contribution >= 0.6 is 0 Å². The fraction of sp³-hybridized carbons (Fsp3) is 0.571. The van der Waals surface area contributed by atoms with Gasteiger partial charge in [0.2, 0.25) is 10.0 Å². The highest BCUT2D eigenvalue weighted by molar-refractivity contribution is 7.89. The van der Waals surface area contributed by atoms with E-state index >= 15 is 0 Å². The average molecular weight is 321 g/mol. The van der Waals surface area contributed by atoms with Crippen LogP contribution in [0.1, 0.15) is 38.9 Å². The van der Waals surface area contributed by atoms with E-state index in [-0.39, 0.29) is 11.2 Å². The number of hydrogen-bond acceptors (Lipinski definition) is 3. The van der Waals surface area contributed by atoms with E-state index in [4.69, 9.17) is 0 Å². The summed E-state index contributed by atoms with van der Waals surface area (Å²) in [4.78, 5) is 0. The van der Waals surface area contributed by atoms with E-state index in [9.17, 15) is 22.3 Å². The highest BCUT2D eigenvalue weighted by Crippen LogP contribution is 2.21. The number of aliphatic hydroxyl groups is 1. The molecule has 2 N–H and O–H groups in total. The van der Waals surface area contributed by atoms with Gasteiger partial charge in [-0.3, -0.25) is 0 Å². The Hall–Kier alpha value is -1.05. The van der Waals surface area contributed by atoms with Crippen molar-refractivity contribution in [2.75, 3.05) is 12.3 Å². The van der Waals surface area contributed by atoms with Crippen molar-refractivity contribution in [2.45, 2.75) is 33.3 Å². The van der Waals surface area contributed by atoms with Crippen molar-refractivity contribution >= 4 is 10.0 Å². The second kappa shape index (κ2) is 6.81. The van der Waals surface area contributed by atoms with Gasteiger partial charge in [0.05, 0.1) is 17.4 Å². The van der Waals surface area contributed by atoms with Gasteiger partial charge in [-0.15, -0.1) is 0 Å². The van der Waals surface area contributed by atoms with E-state index in [0.29, 0.717) is 6.42 Å². The molecule has 1 aromatic rings. The first-order valence-electron chi connectivity index (χ1n) is 6.61.